The Morgan fingerprint density at radius 3 is 1.74 bits per heavy atom. The molecule has 1 nitrogen and oxygen atoms in total. The van der Waals surface area contributed by atoms with E-state index in [2.05, 4.69) is 5.32 Å². The Balaban J connectivity index is 5.13. The molecule has 0 radical (unpaired) electrons. The molecule has 0 aromatic heterocycles. The SMILES string of the molecule is CCCNC(CC(C)CC)C(C(F)(F)F)C(F)(F)F. The van der Waals surface area contributed by atoms with E-state index < -0.39 is 24.3 Å². The zero-order chi connectivity index (χ0) is 15.3. The lowest BCUT2D eigenvalue weighted by Gasteiger charge is -2.32. The summed E-state index contributed by atoms with van der Waals surface area (Å²) in [6.07, 6.45) is -9.67. The first-order valence-electron chi connectivity index (χ1n) is 6.40. The van der Waals surface area contributed by atoms with Crippen molar-refractivity contribution < 1.29 is 26.3 Å². The molecule has 0 aliphatic rings. The predicted octanol–water partition coefficient (Wildman–Crippen LogP) is 4.53. The molecule has 0 saturated heterocycles. The normalized spacial score (nSPS) is 16.7. The van der Waals surface area contributed by atoms with Crippen LogP contribution in [0.15, 0.2) is 0 Å². The van der Waals surface area contributed by atoms with Crippen LogP contribution in [0.5, 0.6) is 0 Å². The molecule has 0 bridgehead atoms. The van der Waals surface area contributed by atoms with Gasteiger partial charge in [-0.15, -0.1) is 0 Å². The van der Waals surface area contributed by atoms with E-state index in [4.69, 9.17) is 0 Å². The van der Waals surface area contributed by atoms with Gasteiger partial charge in [0, 0.05) is 6.04 Å². The molecule has 116 valence electrons. The molecule has 1 N–H and O–H groups in total. The topological polar surface area (TPSA) is 12.0 Å². The van der Waals surface area contributed by atoms with Gasteiger partial charge < -0.3 is 5.32 Å². The Kier molecular flexibility index (Phi) is 7.18. The largest absolute Gasteiger partial charge is 0.401 e. The molecule has 0 aromatic carbocycles. The smallest absolute Gasteiger partial charge is 0.313 e. The van der Waals surface area contributed by atoms with Crippen molar-refractivity contribution in [3.8, 4) is 0 Å². The maximum atomic E-state index is 12.7. The van der Waals surface area contributed by atoms with Crippen LogP contribution >= 0.6 is 0 Å². The molecule has 19 heavy (non-hydrogen) atoms. The summed E-state index contributed by atoms with van der Waals surface area (Å²) in [6, 6.07) is -1.62. The molecule has 0 amide bonds. The molecule has 0 aliphatic carbocycles. The van der Waals surface area contributed by atoms with E-state index in [0.717, 1.165) is 0 Å². The van der Waals surface area contributed by atoms with Gasteiger partial charge in [-0.05, 0) is 25.3 Å². The summed E-state index contributed by atoms with van der Waals surface area (Å²) < 4.78 is 76.1. The second kappa shape index (κ2) is 7.36. The van der Waals surface area contributed by atoms with Crippen molar-refractivity contribution in [1.82, 2.24) is 5.32 Å². The van der Waals surface area contributed by atoms with Gasteiger partial charge in [0.05, 0.1) is 0 Å². The second-order valence-corrected chi connectivity index (χ2v) is 4.87. The molecule has 0 spiro atoms. The van der Waals surface area contributed by atoms with Gasteiger partial charge in [-0.25, -0.2) is 0 Å². The van der Waals surface area contributed by atoms with Crippen LogP contribution in [0, 0.1) is 11.8 Å². The first-order chi connectivity index (χ1) is 8.54. The highest BCUT2D eigenvalue weighted by Gasteiger charge is 2.59. The van der Waals surface area contributed by atoms with Crippen molar-refractivity contribution in [3.05, 3.63) is 0 Å². The van der Waals surface area contributed by atoms with Gasteiger partial charge >= 0.3 is 12.4 Å². The van der Waals surface area contributed by atoms with E-state index in [1.54, 1.807) is 20.8 Å². The summed E-state index contributed by atoms with van der Waals surface area (Å²) in [5, 5.41) is 2.41. The standard InChI is InChI=1S/C12H21F6N/c1-4-6-19-9(7-8(3)5-2)10(11(13,14)15)12(16,17)18/h8-10,19H,4-7H2,1-3H3. The van der Waals surface area contributed by atoms with Crippen LogP contribution < -0.4 is 5.32 Å². The van der Waals surface area contributed by atoms with Gasteiger partial charge in [0.2, 0.25) is 0 Å². The second-order valence-electron chi connectivity index (χ2n) is 4.87. The minimum atomic E-state index is -5.28. The van der Waals surface area contributed by atoms with Crippen LogP contribution in [-0.2, 0) is 0 Å². The molecule has 0 aromatic rings. The van der Waals surface area contributed by atoms with E-state index in [-0.39, 0.29) is 18.9 Å². The van der Waals surface area contributed by atoms with E-state index >= 15 is 0 Å². The number of halogens is 6. The van der Waals surface area contributed by atoms with Gasteiger partial charge in [0.25, 0.3) is 0 Å². The van der Waals surface area contributed by atoms with E-state index in [1.165, 1.54) is 0 Å². The van der Waals surface area contributed by atoms with Crippen molar-refractivity contribution in [2.75, 3.05) is 6.54 Å². The summed E-state index contributed by atoms with van der Waals surface area (Å²) in [5.41, 5.74) is 0. The van der Waals surface area contributed by atoms with Crippen molar-refractivity contribution in [3.63, 3.8) is 0 Å². The van der Waals surface area contributed by atoms with E-state index in [9.17, 15) is 26.3 Å². The Labute approximate surface area is 109 Å². The number of rotatable bonds is 7. The van der Waals surface area contributed by atoms with Crippen LogP contribution in [0.2, 0.25) is 0 Å². The fourth-order valence-corrected chi connectivity index (χ4v) is 1.91. The summed E-state index contributed by atoms with van der Waals surface area (Å²) in [4.78, 5) is 0. The van der Waals surface area contributed by atoms with Crippen LogP contribution in [0.3, 0.4) is 0 Å². The summed E-state index contributed by atoms with van der Waals surface area (Å²) in [5.74, 6) is -3.50. The highest BCUT2D eigenvalue weighted by Crippen LogP contribution is 2.42. The Bertz CT molecular complexity index is 234. The number of nitrogens with one attached hydrogen (secondary N) is 1. The Hall–Kier alpha value is -0.460. The molecule has 0 aliphatic heterocycles. The maximum absolute atomic E-state index is 12.7. The fourth-order valence-electron chi connectivity index (χ4n) is 1.91. The molecule has 0 rings (SSSR count). The molecule has 2 atom stereocenters. The summed E-state index contributed by atoms with van der Waals surface area (Å²) >= 11 is 0. The zero-order valence-electron chi connectivity index (χ0n) is 11.3. The third-order valence-corrected chi connectivity index (χ3v) is 3.12. The Morgan fingerprint density at radius 1 is 0.947 bits per heavy atom. The van der Waals surface area contributed by atoms with Crippen molar-refractivity contribution in [2.24, 2.45) is 11.8 Å². The molecular weight excluding hydrogens is 272 g/mol. The highest BCUT2D eigenvalue weighted by atomic mass is 19.4. The molecule has 0 fully saturated rings. The van der Waals surface area contributed by atoms with Crippen LogP contribution in [-0.4, -0.2) is 24.9 Å². The van der Waals surface area contributed by atoms with Crippen LogP contribution in [0.4, 0.5) is 26.3 Å². The van der Waals surface area contributed by atoms with Gasteiger partial charge in [-0.3, -0.25) is 0 Å². The first kappa shape index (κ1) is 18.5. The number of hydrogen-bond acceptors (Lipinski definition) is 1. The molecular formula is C12H21F6N. The lowest BCUT2D eigenvalue weighted by molar-refractivity contribution is -0.292. The van der Waals surface area contributed by atoms with E-state index in [0.29, 0.717) is 12.8 Å². The lowest BCUT2D eigenvalue weighted by atomic mass is 9.89. The molecule has 0 saturated carbocycles. The first-order valence-corrected chi connectivity index (χ1v) is 6.40. The average Bonchev–Trinajstić information content (AvgIpc) is 2.21. The van der Waals surface area contributed by atoms with Gasteiger partial charge in [0.1, 0.15) is 0 Å². The average molecular weight is 293 g/mol. The van der Waals surface area contributed by atoms with Gasteiger partial charge in [-0.2, -0.15) is 26.3 Å². The van der Waals surface area contributed by atoms with Crippen molar-refractivity contribution in [1.29, 1.82) is 0 Å². The third kappa shape index (κ3) is 6.49. The van der Waals surface area contributed by atoms with Crippen LogP contribution in [0.1, 0.15) is 40.0 Å². The molecule has 7 heteroatoms. The third-order valence-electron chi connectivity index (χ3n) is 3.12. The summed E-state index contributed by atoms with van der Waals surface area (Å²) in [7, 11) is 0. The van der Waals surface area contributed by atoms with Crippen LogP contribution in [0.25, 0.3) is 0 Å². The molecule has 2 unspecified atom stereocenters. The van der Waals surface area contributed by atoms with E-state index in [1.807, 2.05) is 0 Å². The quantitative estimate of drug-likeness (QED) is 0.680. The Morgan fingerprint density at radius 2 is 1.42 bits per heavy atom. The number of hydrogen-bond donors (Lipinski definition) is 1. The predicted molar refractivity (Wildman–Crippen MR) is 61.8 cm³/mol. The minimum Gasteiger partial charge on any atom is -0.313 e. The summed E-state index contributed by atoms with van der Waals surface area (Å²) in [6.45, 7) is 5.25. The molecule has 0 heterocycles. The van der Waals surface area contributed by atoms with Crippen molar-refractivity contribution in [2.45, 2.75) is 58.4 Å². The fraction of sp³-hybridized carbons (Fsp3) is 1.00. The maximum Gasteiger partial charge on any atom is 0.401 e. The monoisotopic (exact) mass is 293 g/mol. The lowest BCUT2D eigenvalue weighted by Crippen LogP contribution is -2.51. The minimum absolute atomic E-state index is 0.139. The zero-order valence-corrected chi connectivity index (χ0v) is 11.3. The van der Waals surface area contributed by atoms with Gasteiger partial charge in [-0.1, -0.05) is 27.2 Å². The number of alkyl halides is 6. The van der Waals surface area contributed by atoms with Gasteiger partial charge in [0.15, 0.2) is 5.92 Å². The highest BCUT2D eigenvalue weighted by molar-refractivity contribution is 4.88. The van der Waals surface area contributed by atoms with Crippen molar-refractivity contribution >= 4 is 0 Å².